The Morgan fingerprint density at radius 3 is 2.39 bits per heavy atom. The van der Waals surface area contributed by atoms with Gasteiger partial charge >= 0.3 is 5.97 Å². The first-order valence-electron chi connectivity index (χ1n) is 5.84. The fraction of sp³-hybridized carbons (Fsp3) is 0.583. The molecule has 0 aliphatic heterocycles. The van der Waals surface area contributed by atoms with Crippen LogP contribution in [0.1, 0.15) is 39.0 Å². The van der Waals surface area contributed by atoms with Crippen molar-refractivity contribution in [1.82, 2.24) is 5.32 Å². The van der Waals surface area contributed by atoms with E-state index in [2.05, 4.69) is 11.9 Å². The highest BCUT2D eigenvalue weighted by atomic mass is 16.4. The third-order valence-electron chi connectivity index (χ3n) is 2.33. The quantitative estimate of drug-likeness (QED) is 0.524. The van der Waals surface area contributed by atoms with E-state index < -0.39 is 23.8 Å². The molecule has 0 spiro atoms. The molecule has 0 aliphatic rings. The van der Waals surface area contributed by atoms with Crippen LogP contribution in [0.2, 0.25) is 0 Å². The Morgan fingerprint density at radius 1 is 1.33 bits per heavy atom. The number of hydrogen-bond donors (Lipinski definition) is 3. The standard InChI is InChI=1S/C12H20N2O4/c1-3-4-8(2)7-11(16)14-9(12(17)18)5-6-10(13)15/h9H,2-7H2,1H3,(H2,13,15)(H,14,16)(H,17,18). The van der Waals surface area contributed by atoms with Crippen LogP contribution >= 0.6 is 0 Å². The molecule has 4 N–H and O–H groups in total. The van der Waals surface area contributed by atoms with Crippen LogP contribution in [0.4, 0.5) is 0 Å². The lowest BCUT2D eigenvalue weighted by atomic mass is 10.1. The number of amides is 2. The second-order valence-corrected chi connectivity index (χ2v) is 4.14. The first-order chi connectivity index (χ1) is 8.36. The summed E-state index contributed by atoms with van der Waals surface area (Å²) in [6.07, 6.45) is 1.64. The Kier molecular flexibility index (Phi) is 7.42. The molecule has 0 aliphatic carbocycles. The lowest BCUT2D eigenvalue weighted by molar-refractivity contribution is -0.142. The first kappa shape index (κ1) is 16.1. The lowest BCUT2D eigenvalue weighted by Crippen LogP contribution is -2.41. The molecule has 102 valence electrons. The van der Waals surface area contributed by atoms with Crippen molar-refractivity contribution in [2.24, 2.45) is 5.73 Å². The summed E-state index contributed by atoms with van der Waals surface area (Å²) in [5, 5.41) is 11.2. The smallest absolute Gasteiger partial charge is 0.326 e. The minimum Gasteiger partial charge on any atom is -0.480 e. The van der Waals surface area contributed by atoms with Crippen LogP contribution in [0.5, 0.6) is 0 Å². The number of carboxylic acids is 1. The van der Waals surface area contributed by atoms with Crippen molar-refractivity contribution in [3.05, 3.63) is 12.2 Å². The lowest BCUT2D eigenvalue weighted by Gasteiger charge is -2.14. The molecular weight excluding hydrogens is 236 g/mol. The first-order valence-corrected chi connectivity index (χ1v) is 5.84. The Hall–Kier alpha value is -1.85. The van der Waals surface area contributed by atoms with Gasteiger partial charge in [-0.05, 0) is 12.8 Å². The van der Waals surface area contributed by atoms with Crippen molar-refractivity contribution in [2.75, 3.05) is 0 Å². The predicted molar refractivity (Wildman–Crippen MR) is 66.7 cm³/mol. The second kappa shape index (κ2) is 8.27. The van der Waals surface area contributed by atoms with Crippen LogP contribution in [-0.4, -0.2) is 28.9 Å². The van der Waals surface area contributed by atoms with Crippen molar-refractivity contribution >= 4 is 17.8 Å². The highest BCUT2D eigenvalue weighted by Crippen LogP contribution is 2.07. The van der Waals surface area contributed by atoms with Crippen molar-refractivity contribution < 1.29 is 19.5 Å². The number of nitrogens with two attached hydrogens (primary N) is 1. The van der Waals surface area contributed by atoms with E-state index in [9.17, 15) is 14.4 Å². The van der Waals surface area contributed by atoms with E-state index in [0.29, 0.717) is 0 Å². The molecule has 0 aromatic carbocycles. The highest BCUT2D eigenvalue weighted by molar-refractivity contribution is 5.85. The Bertz CT molecular complexity index is 339. The number of carbonyl (C=O) groups is 3. The van der Waals surface area contributed by atoms with Gasteiger partial charge < -0.3 is 16.2 Å². The van der Waals surface area contributed by atoms with Gasteiger partial charge in [0.25, 0.3) is 0 Å². The maximum absolute atomic E-state index is 11.5. The number of hydrogen-bond acceptors (Lipinski definition) is 3. The van der Waals surface area contributed by atoms with Crippen LogP contribution < -0.4 is 11.1 Å². The average molecular weight is 256 g/mol. The summed E-state index contributed by atoms with van der Waals surface area (Å²) in [7, 11) is 0. The minimum absolute atomic E-state index is 0.00331. The summed E-state index contributed by atoms with van der Waals surface area (Å²) in [6.45, 7) is 5.70. The number of aliphatic carboxylic acids is 1. The summed E-state index contributed by atoms with van der Waals surface area (Å²) in [5.74, 6) is -2.16. The zero-order valence-corrected chi connectivity index (χ0v) is 10.6. The van der Waals surface area contributed by atoms with Gasteiger partial charge in [0.15, 0.2) is 0 Å². The monoisotopic (exact) mass is 256 g/mol. The fourth-order valence-electron chi connectivity index (χ4n) is 1.46. The molecule has 1 unspecified atom stereocenters. The predicted octanol–water partition coefficient (Wildman–Crippen LogP) is 0.568. The summed E-state index contributed by atoms with van der Waals surface area (Å²) in [4.78, 5) is 33.0. The topological polar surface area (TPSA) is 109 Å². The normalized spacial score (nSPS) is 11.6. The van der Waals surface area contributed by atoms with E-state index in [0.717, 1.165) is 18.4 Å². The molecule has 0 fully saturated rings. The van der Waals surface area contributed by atoms with Crippen LogP contribution in [-0.2, 0) is 14.4 Å². The summed E-state index contributed by atoms with van der Waals surface area (Å²) in [6, 6.07) is -1.08. The molecule has 18 heavy (non-hydrogen) atoms. The molecule has 6 heteroatoms. The maximum Gasteiger partial charge on any atom is 0.326 e. The van der Waals surface area contributed by atoms with Crippen LogP contribution in [0.25, 0.3) is 0 Å². The molecular formula is C12H20N2O4. The van der Waals surface area contributed by atoms with Gasteiger partial charge in [0.1, 0.15) is 6.04 Å². The third kappa shape index (κ3) is 7.43. The molecule has 6 nitrogen and oxygen atoms in total. The molecule has 1 atom stereocenters. The molecule has 0 bridgehead atoms. The Labute approximate surface area is 106 Å². The van der Waals surface area contributed by atoms with Crippen LogP contribution in [0, 0.1) is 0 Å². The van der Waals surface area contributed by atoms with Crippen molar-refractivity contribution in [1.29, 1.82) is 0 Å². The van der Waals surface area contributed by atoms with E-state index in [1.165, 1.54) is 0 Å². The Morgan fingerprint density at radius 2 is 1.94 bits per heavy atom. The molecule has 0 saturated heterocycles. The number of carboxylic acid groups (broad SMARTS) is 1. The van der Waals surface area contributed by atoms with E-state index in [-0.39, 0.29) is 19.3 Å². The fourth-order valence-corrected chi connectivity index (χ4v) is 1.46. The molecule has 0 aromatic heterocycles. The van der Waals surface area contributed by atoms with Gasteiger partial charge in [-0.15, -0.1) is 0 Å². The molecule has 0 rings (SSSR count). The summed E-state index contributed by atoms with van der Waals surface area (Å²) < 4.78 is 0. The van der Waals surface area contributed by atoms with Crippen molar-refractivity contribution in [2.45, 2.75) is 45.1 Å². The van der Waals surface area contributed by atoms with E-state index in [4.69, 9.17) is 10.8 Å². The number of nitrogens with one attached hydrogen (secondary N) is 1. The SMILES string of the molecule is C=C(CCC)CC(=O)NC(CCC(N)=O)C(=O)O. The van der Waals surface area contributed by atoms with Crippen LogP contribution in [0.3, 0.4) is 0 Å². The summed E-state index contributed by atoms with van der Waals surface area (Å²) in [5.41, 5.74) is 5.69. The molecule has 0 aromatic rings. The second-order valence-electron chi connectivity index (χ2n) is 4.14. The minimum atomic E-state index is -1.18. The number of rotatable bonds is 9. The number of primary amides is 1. The van der Waals surface area contributed by atoms with Gasteiger partial charge in [-0.3, -0.25) is 9.59 Å². The Balaban J connectivity index is 4.23. The number of carbonyl (C=O) groups excluding carboxylic acids is 2. The van der Waals surface area contributed by atoms with Gasteiger partial charge in [0.2, 0.25) is 11.8 Å². The van der Waals surface area contributed by atoms with Gasteiger partial charge in [-0.2, -0.15) is 0 Å². The van der Waals surface area contributed by atoms with Gasteiger partial charge in [-0.25, -0.2) is 4.79 Å². The van der Waals surface area contributed by atoms with Crippen molar-refractivity contribution in [3.8, 4) is 0 Å². The largest absolute Gasteiger partial charge is 0.480 e. The van der Waals surface area contributed by atoms with Gasteiger partial charge in [0.05, 0.1) is 0 Å². The van der Waals surface area contributed by atoms with Gasteiger partial charge in [-0.1, -0.05) is 25.5 Å². The average Bonchev–Trinajstić information content (AvgIpc) is 2.23. The van der Waals surface area contributed by atoms with Gasteiger partial charge in [0, 0.05) is 12.8 Å². The molecule has 0 heterocycles. The zero-order valence-electron chi connectivity index (χ0n) is 10.6. The van der Waals surface area contributed by atoms with E-state index in [1.807, 2.05) is 6.92 Å². The van der Waals surface area contributed by atoms with Crippen LogP contribution in [0.15, 0.2) is 12.2 Å². The molecule has 0 saturated carbocycles. The molecule has 2 amide bonds. The van der Waals surface area contributed by atoms with E-state index >= 15 is 0 Å². The van der Waals surface area contributed by atoms with Crippen molar-refractivity contribution in [3.63, 3.8) is 0 Å². The summed E-state index contributed by atoms with van der Waals surface area (Å²) >= 11 is 0. The highest BCUT2D eigenvalue weighted by Gasteiger charge is 2.20. The maximum atomic E-state index is 11.5. The molecule has 0 radical (unpaired) electrons. The third-order valence-corrected chi connectivity index (χ3v) is 2.33. The van der Waals surface area contributed by atoms with E-state index in [1.54, 1.807) is 0 Å². The zero-order chi connectivity index (χ0) is 14.1.